The van der Waals surface area contributed by atoms with Gasteiger partial charge in [-0.05, 0) is 87.3 Å². The van der Waals surface area contributed by atoms with E-state index in [1.807, 2.05) is 10.9 Å². The van der Waals surface area contributed by atoms with Crippen LogP contribution in [0.5, 0.6) is 5.75 Å². The van der Waals surface area contributed by atoms with E-state index in [4.69, 9.17) is 15.6 Å². The standard InChI is InChI=1S/C40H45FN8O6/c1-55-35-21-32-25(19-30(35)37(42)51)23-48(44-32)27-6-4-24(5-7-27)22-45-15-17-46(18-16-45)28-10-11-29(31(41)20-28)39(53)49(33-12-13-36(50)43-38(33)52)34-3-2-14-47(40(34)54)26-8-9-26/h2-3,10-11,14,19-21,23-24,26-27,33H,4-9,12-13,15-18,22H2,1H3,(H2,42,51)(H,43,50,52). The first kappa shape index (κ1) is 36.4. The summed E-state index contributed by atoms with van der Waals surface area (Å²) >= 11 is 0. The second kappa shape index (κ2) is 14.9. The van der Waals surface area contributed by atoms with E-state index in [0.717, 1.165) is 74.0 Å². The molecule has 4 amide bonds. The van der Waals surface area contributed by atoms with E-state index in [2.05, 4.69) is 15.1 Å². The zero-order valence-electron chi connectivity index (χ0n) is 30.8. The highest BCUT2D eigenvalue weighted by atomic mass is 19.1. The molecule has 2 saturated carbocycles. The molecule has 2 aromatic heterocycles. The zero-order valence-corrected chi connectivity index (χ0v) is 30.8. The lowest BCUT2D eigenvalue weighted by Crippen LogP contribution is -2.56. The van der Waals surface area contributed by atoms with Gasteiger partial charge in [-0.3, -0.25) is 43.8 Å². The first-order valence-corrected chi connectivity index (χ1v) is 19.1. The number of rotatable bonds is 10. The second-order valence-electron chi connectivity index (χ2n) is 15.2. The van der Waals surface area contributed by atoms with Gasteiger partial charge in [0, 0.05) is 74.7 Å². The van der Waals surface area contributed by atoms with Gasteiger partial charge in [0.2, 0.25) is 11.8 Å². The van der Waals surface area contributed by atoms with Gasteiger partial charge in [-0.1, -0.05) is 0 Å². The third-order valence-corrected chi connectivity index (χ3v) is 11.6. The molecule has 0 radical (unpaired) electrons. The molecule has 55 heavy (non-hydrogen) atoms. The number of piperazine rings is 1. The average molecular weight is 753 g/mol. The minimum Gasteiger partial charge on any atom is -0.496 e. The number of hydrogen-bond donors (Lipinski definition) is 2. The monoisotopic (exact) mass is 752 g/mol. The van der Waals surface area contributed by atoms with Crippen molar-refractivity contribution in [3.05, 3.63) is 82.2 Å². The highest BCUT2D eigenvalue weighted by molar-refractivity contribution is 6.12. The molecule has 2 aromatic carbocycles. The summed E-state index contributed by atoms with van der Waals surface area (Å²) in [5.41, 5.74) is 6.62. The molecule has 0 bridgehead atoms. The molecule has 2 aliphatic carbocycles. The third kappa shape index (κ3) is 7.32. The van der Waals surface area contributed by atoms with Gasteiger partial charge >= 0.3 is 0 Å². The number of benzene rings is 2. The van der Waals surface area contributed by atoms with Gasteiger partial charge in [-0.25, -0.2) is 4.39 Å². The molecule has 4 aromatic rings. The summed E-state index contributed by atoms with van der Waals surface area (Å²) in [5.74, 6) is -2.25. The Kier molecular flexibility index (Phi) is 9.88. The number of fused-ring (bicyclic) bond motifs is 1. The molecule has 2 saturated heterocycles. The maximum absolute atomic E-state index is 15.9. The Morgan fingerprint density at radius 1 is 0.945 bits per heavy atom. The minimum absolute atomic E-state index is 0.000910. The normalized spacial score (nSPS) is 22.1. The largest absolute Gasteiger partial charge is 0.496 e. The number of imide groups is 1. The molecule has 3 N–H and O–H groups in total. The summed E-state index contributed by atoms with van der Waals surface area (Å²) < 4.78 is 24.8. The van der Waals surface area contributed by atoms with Crippen molar-refractivity contribution in [2.45, 2.75) is 69.5 Å². The summed E-state index contributed by atoms with van der Waals surface area (Å²) in [6.07, 6.45) is 9.50. The van der Waals surface area contributed by atoms with Crippen LogP contribution in [0.4, 0.5) is 15.8 Å². The van der Waals surface area contributed by atoms with E-state index in [0.29, 0.717) is 36.0 Å². The molecule has 8 rings (SSSR count). The van der Waals surface area contributed by atoms with Gasteiger partial charge in [0.15, 0.2) is 0 Å². The van der Waals surface area contributed by atoms with E-state index < -0.39 is 41.0 Å². The van der Waals surface area contributed by atoms with E-state index >= 15 is 4.39 Å². The number of hydrogen-bond acceptors (Lipinski definition) is 9. The van der Waals surface area contributed by atoms with Crippen LogP contribution < -0.4 is 31.1 Å². The van der Waals surface area contributed by atoms with Crippen molar-refractivity contribution < 1.29 is 28.3 Å². The zero-order chi connectivity index (χ0) is 38.4. The Balaban J connectivity index is 0.889. The van der Waals surface area contributed by atoms with Gasteiger partial charge in [-0.2, -0.15) is 5.10 Å². The van der Waals surface area contributed by atoms with E-state index in [-0.39, 0.29) is 36.2 Å². The topological polar surface area (TPSA) is 165 Å². The Morgan fingerprint density at radius 2 is 1.69 bits per heavy atom. The predicted molar refractivity (Wildman–Crippen MR) is 203 cm³/mol. The van der Waals surface area contributed by atoms with Crippen LogP contribution in [-0.4, -0.2) is 88.8 Å². The lowest BCUT2D eigenvalue weighted by molar-refractivity contribution is -0.134. The number of nitrogens with one attached hydrogen (secondary N) is 1. The van der Waals surface area contributed by atoms with Crippen molar-refractivity contribution >= 4 is 45.9 Å². The molecule has 1 atom stereocenters. The number of amides is 4. The number of primary amides is 1. The van der Waals surface area contributed by atoms with Crippen LogP contribution in [-0.2, 0) is 9.59 Å². The molecule has 4 heterocycles. The molecule has 2 aliphatic heterocycles. The number of carbonyl (C=O) groups is 4. The number of ether oxygens (including phenoxy) is 1. The number of nitrogens with two attached hydrogens (primary N) is 1. The number of piperidine rings is 1. The number of halogens is 1. The Labute approximate surface area is 317 Å². The molecule has 15 heteroatoms. The molecule has 288 valence electrons. The number of anilines is 2. The van der Waals surface area contributed by atoms with Crippen molar-refractivity contribution in [2.24, 2.45) is 11.7 Å². The molecule has 0 spiro atoms. The lowest BCUT2D eigenvalue weighted by Gasteiger charge is -2.39. The molecule has 4 fully saturated rings. The van der Waals surface area contributed by atoms with Crippen LogP contribution in [0.1, 0.15) is 84.2 Å². The van der Waals surface area contributed by atoms with Crippen molar-refractivity contribution in [3.8, 4) is 5.75 Å². The van der Waals surface area contributed by atoms with E-state index in [9.17, 15) is 24.0 Å². The van der Waals surface area contributed by atoms with Crippen LogP contribution in [0.3, 0.4) is 0 Å². The highest BCUT2D eigenvalue weighted by Gasteiger charge is 2.39. The average Bonchev–Trinajstić information content (AvgIpc) is 3.94. The van der Waals surface area contributed by atoms with E-state index in [1.54, 1.807) is 35.0 Å². The summed E-state index contributed by atoms with van der Waals surface area (Å²) in [5, 5.41) is 7.91. The number of pyridine rings is 1. The maximum Gasteiger partial charge on any atom is 0.274 e. The number of nitrogens with zero attached hydrogens (tertiary/aromatic N) is 6. The first-order valence-electron chi connectivity index (χ1n) is 19.1. The van der Waals surface area contributed by atoms with Crippen LogP contribution in [0, 0.1) is 11.7 Å². The van der Waals surface area contributed by atoms with Gasteiger partial charge in [0.1, 0.15) is 23.3 Å². The summed E-state index contributed by atoms with van der Waals surface area (Å²) in [6, 6.07) is 10.3. The Bertz CT molecular complexity index is 2220. The van der Waals surface area contributed by atoms with Gasteiger partial charge in [0.05, 0.1) is 29.8 Å². The van der Waals surface area contributed by atoms with Crippen LogP contribution in [0.2, 0.25) is 0 Å². The third-order valence-electron chi connectivity index (χ3n) is 11.6. The number of carbonyl (C=O) groups excluding carboxylic acids is 4. The lowest BCUT2D eigenvalue weighted by atomic mass is 9.85. The summed E-state index contributed by atoms with van der Waals surface area (Å²) in [7, 11) is 1.51. The van der Waals surface area contributed by atoms with E-state index in [1.165, 1.54) is 25.3 Å². The molecule has 4 aliphatic rings. The fraction of sp³-hybridized carbons (Fsp3) is 0.450. The molecular formula is C40H45FN8O6. The smallest absolute Gasteiger partial charge is 0.274 e. The van der Waals surface area contributed by atoms with Crippen molar-refractivity contribution in [1.82, 2.24) is 24.6 Å². The molecule has 14 nitrogen and oxygen atoms in total. The Hall–Kier alpha value is -5.57. The predicted octanol–water partition coefficient (Wildman–Crippen LogP) is 3.79. The number of methoxy groups -OCH3 is 1. The summed E-state index contributed by atoms with van der Waals surface area (Å²) in [6.45, 7) is 4.03. The highest BCUT2D eigenvalue weighted by Crippen LogP contribution is 2.36. The van der Waals surface area contributed by atoms with Gasteiger partial charge in [0.25, 0.3) is 17.4 Å². The van der Waals surface area contributed by atoms with Crippen molar-refractivity contribution in [1.29, 1.82) is 0 Å². The fourth-order valence-electron chi connectivity index (χ4n) is 8.44. The van der Waals surface area contributed by atoms with Crippen molar-refractivity contribution in [2.75, 3.05) is 49.6 Å². The fourth-order valence-corrected chi connectivity index (χ4v) is 8.44. The second-order valence-corrected chi connectivity index (χ2v) is 15.2. The van der Waals surface area contributed by atoms with Gasteiger partial charge in [-0.15, -0.1) is 0 Å². The van der Waals surface area contributed by atoms with Crippen LogP contribution in [0.15, 0.2) is 59.7 Å². The summed E-state index contributed by atoms with van der Waals surface area (Å²) in [4.78, 5) is 70.1. The van der Waals surface area contributed by atoms with Crippen LogP contribution >= 0.6 is 0 Å². The SMILES string of the molecule is COc1cc2nn(C3CCC(CN4CCN(c5ccc(C(=O)N(c6cccn(C7CC7)c6=O)C6CCC(=O)NC6=O)c(F)c5)CC4)CC3)cc2cc1C(N)=O. The van der Waals surface area contributed by atoms with Gasteiger partial charge < -0.3 is 19.9 Å². The molecule has 1 unspecified atom stereocenters. The Morgan fingerprint density at radius 3 is 2.36 bits per heavy atom. The maximum atomic E-state index is 15.9. The quantitative estimate of drug-likeness (QED) is 0.230. The number of aromatic nitrogens is 3. The first-order chi connectivity index (χ1) is 26.6. The minimum atomic E-state index is -1.14. The molecular weight excluding hydrogens is 707 g/mol. The van der Waals surface area contributed by atoms with Crippen molar-refractivity contribution in [3.63, 3.8) is 0 Å². The van der Waals surface area contributed by atoms with Crippen LogP contribution in [0.25, 0.3) is 10.9 Å².